The average molecular weight is 415 g/mol. The van der Waals surface area contributed by atoms with Crippen molar-refractivity contribution in [2.75, 3.05) is 32.8 Å². The second-order valence-electron chi connectivity index (χ2n) is 7.80. The van der Waals surface area contributed by atoms with Gasteiger partial charge in [-0.2, -0.15) is 0 Å². The lowest BCUT2D eigenvalue weighted by atomic mass is 10.1. The molecule has 3 heterocycles. The Balaban J connectivity index is 1.47. The molecule has 158 valence electrons. The normalized spacial score (nSPS) is 21.3. The maximum Gasteiger partial charge on any atom is 0.254 e. The summed E-state index contributed by atoms with van der Waals surface area (Å²) < 4.78 is 32.6. The van der Waals surface area contributed by atoms with Crippen LogP contribution < -0.4 is 0 Å². The first-order valence-electron chi connectivity index (χ1n) is 10.0. The molecule has 2 saturated heterocycles. The van der Waals surface area contributed by atoms with E-state index >= 15 is 0 Å². The lowest BCUT2D eigenvalue weighted by Gasteiger charge is -2.31. The van der Waals surface area contributed by atoms with Crippen molar-refractivity contribution >= 4 is 11.8 Å². The van der Waals surface area contributed by atoms with E-state index in [1.165, 1.54) is 6.07 Å². The molecule has 0 radical (unpaired) electrons. The molecule has 1 aromatic carbocycles. The first-order chi connectivity index (χ1) is 14.5. The van der Waals surface area contributed by atoms with Gasteiger partial charge in [-0.15, -0.1) is 0 Å². The maximum atomic E-state index is 13.6. The van der Waals surface area contributed by atoms with E-state index in [1.54, 1.807) is 22.2 Å². The SMILES string of the molecule is O=C(CCc1cccnc1)N1C[C@@H]2COC[C@H](C1)N(C(=O)c1ccc(F)c(F)c1)C2. The van der Waals surface area contributed by atoms with Crippen LogP contribution in [0.1, 0.15) is 22.3 Å². The molecule has 2 aromatic rings. The molecule has 2 amide bonds. The van der Waals surface area contributed by atoms with Crippen molar-refractivity contribution in [3.63, 3.8) is 0 Å². The number of ether oxygens (including phenoxy) is 1. The Morgan fingerprint density at radius 2 is 1.97 bits per heavy atom. The van der Waals surface area contributed by atoms with Crippen LogP contribution in [-0.2, 0) is 16.0 Å². The number of carbonyl (C=O) groups excluding carboxylic acids is 2. The minimum absolute atomic E-state index is 0.0258. The highest BCUT2D eigenvalue weighted by atomic mass is 19.2. The Morgan fingerprint density at radius 1 is 1.10 bits per heavy atom. The van der Waals surface area contributed by atoms with Crippen molar-refractivity contribution in [3.8, 4) is 0 Å². The van der Waals surface area contributed by atoms with Crippen LogP contribution in [-0.4, -0.2) is 65.5 Å². The van der Waals surface area contributed by atoms with Crippen molar-refractivity contribution in [2.45, 2.75) is 18.9 Å². The van der Waals surface area contributed by atoms with Gasteiger partial charge < -0.3 is 14.5 Å². The molecule has 2 aliphatic heterocycles. The second-order valence-corrected chi connectivity index (χ2v) is 7.80. The zero-order valence-corrected chi connectivity index (χ0v) is 16.5. The number of rotatable bonds is 4. The number of halogens is 2. The molecular weight excluding hydrogens is 392 g/mol. The van der Waals surface area contributed by atoms with Crippen LogP contribution in [0.2, 0.25) is 0 Å². The van der Waals surface area contributed by atoms with Gasteiger partial charge in [0.1, 0.15) is 0 Å². The average Bonchev–Trinajstić information content (AvgIpc) is 3.05. The molecular formula is C22H23F2N3O3. The molecule has 0 aliphatic carbocycles. The summed E-state index contributed by atoms with van der Waals surface area (Å²) in [5.74, 6) is -2.43. The smallest absolute Gasteiger partial charge is 0.254 e. The highest BCUT2D eigenvalue weighted by molar-refractivity contribution is 5.94. The van der Waals surface area contributed by atoms with Gasteiger partial charge in [0, 0.05) is 49.9 Å². The molecule has 1 aromatic heterocycles. The number of hydrogen-bond donors (Lipinski definition) is 0. The summed E-state index contributed by atoms with van der Waals surface area (Å²) in [7, 11) is 0. The van der Waals surface area contributed by atoms with Gasteiger partial charge in [-0.1, -0.05) is 6.07 Å². The highest BCUT2D eigenvalue weighted by Crippen LogP contribution is 2.23. The van der Waals surface area contributed by atoms with Gasteiger partial charge >= 0.3 is 0 Å². The summed E-state index contributed by atoms with van der Waals surface area (Å²) in [6.45, 7) is 2.03. The Labute approximate surface area is 173 Å². The molecule has 0 unspecified atom stereocenters. The van der Waals surface area contributed by atoms with Crippen LogP contribution in [0, 0.1) is 17.6 Å². The molecule has 8 heteroatoms. The van der Waals surface area contributed by atoms with Crippen molar-refractivity contribution in [3.05, 3.63) is 65.5 Å². The van der Waals surface area contributed by atoms with E-state index in [4.69, 9.17) is 4.74 Å². The fraction of sp³-hybridized carbons (Fsp3) is 0.409. The van der Waals surface area contributed by atoms with Gasteiger partial charge in [0.25, 0.3) is 5.91 Å². The molecule has 2 fully saturated rings. The second kappa shape index (κ2) is 8.87. The third kappa shape index (κ3) is 4.48. The standard InChI is InChI=1S/C22H23F2N3O3/c23-19-5-4-17(8-20(19)24)22(29)27-11-16-10-26(12-18(27)14-30-13-16)21(28)6-3-15-2-1-7-25-9-15/h1-2,4-5,7-9,16,18H,3,6,10-14H2/t16-,18-/m0/s1. The zero-order chi connectivity index (χ0) is 21.1. The van der Waals surface area contributed by atoms with E-state index in [1.807, 2.05) is 12.1 Å². The molecule has 0 saturated carbocycles. The van der Waals surface area contributed by atoms with Gasteiger partial charge in [-0.3, -0.25) is 14.6 Å². The van der Waals surface area contributed by atoms with E-state index in [0.717, 1.165) is 17.7 Å². The minimum Gasteiger partial charge on any atom is -0.379 e. The number of amides is 2. The summed E-state index contributed by atoms with van der Waals surface area (Å²) in [6, 6.07) is 6.61. The monoisotopic (exact) mass is 415 g/mol. The molecule has 0 N–H and O–H groups in total. The van der Waals surface area contributed by atoms with Gasteiger partial charge in [0.05, 0.1) is 19.3 Å². The number of benzene rings is 1. The number of fused-ring (bicyclic) bond motifs is 3. The number of aryl methyl sites for hydroxylation is 1. The Morgan fingerprint density at radius 3 is 2.73 bits per heavy atom. The Hall–Kier alpha value is -2.87. The first kappa shape index (κ1) is 20.4. The van der Waals surface area contributed by atoms with E-state index in [9.17, 15) is 18.4 Å². The predicted molar refractivity (Wildman–Crippen MR) is 105 cm³/mol. The van der Waals surface area contributed by atoms with Gasteiger partial charge in [-0.25, -0.2) is 8.78 Å². The van der Waals surface area contributed by atoms with Gasteiger partial charge in [0.15, 0.2) is 11.6 Å². The molecule has 0 spiro atoms. The van der Waals surface area contributed by atoms with Crippen LogP contribution in [0.3, 0.4) is 0 Å². The summed E-state index contributed by atoms with van der Waals surface area (Å²) >= 11 is 0. The third-order valence-corrected chi connectivity index (χ3v) is 5.60. The fourth-order valence-electron chi connectivity index (χ4n) is 4.05. The molecule has 4 rings (SSSR count). The van der Waals surface area contributed by atoms with Crippen LogP contribution in [0.15, 0.2) is 42.7 Å². The van der Waals surface area contributed by atoms with Gasteiger partial charge in [-0.05, 0) is 36.2 Å². The van der Waals surface area contributed by atoms with Crippen LogP contribution in [0.5, 0.6) is 0 Å². The summed E-state index contributed by atoms with van der Waals surface area (Å²) in [5.41, 5.74) is 1.09. The van der Waals surface area contributed by atoms with Crippen molar-refractivity contribution < 1.29 is 23.1 Å². The highest BCUT2D eigenvalue weighted by Gasteiger charge is 2.37. The van der Waals surface area contributed by atoms with Crippen LogP contribution in [0.4, 0.5) is 8.78 Å². The Kier molecular flexibility index (Phi) is 6.03. The molecule has 2 bridgehead atoms. The summed E-state index contributed by atoms with van der Waals surface area (Å²) in [4.78, 5) is 33.4. The molecule has 6 nitrogen and oxygen atoms in total. The van der Waals surface area contributed by atoms with Gasteiger partial charge in [0.2, 0.25) is 5.91 Å². The lowest BCUT2D eigenvalue weighted by Crippen LogP contribution is -2.47. The largest absolute Gasteiger partial charge is 0.379 e. The lowest BCUT2D eigenvalue weighted by molar-refractivity contribution is -0.133. The Bertz CT molecular complexity index is 925. The number of nitrogens with zero attached hydrogens (tertiary/aromatic N) is 3. The number of carbonyl (C=O) groups is 2. The number of pyridine rings is 1. The van der Waals surface area contributed by atoms with E-state index in [2.05, 4.69) is 4.98 Å². The van der Waals surface area contributed by atoms with Crippen LogP contribution >= 0.6 is 0 Å². The van der Waals surface area contributed by atoms with E-state index in [-0.39, 0.29) is 29.3 Å². The maximum absolute atomic E-state index is 13.6. The predicted octanol–water partition coefficient (Wildman–Crippen LogP) is 2.29. The van der Waals surface area contributed by atoms with Crippen LogP contribution in [0.25, 0.3) is 0 Å². The first-order valence-corrected chi connectivity index (χ1v) is 10.0. The topological polar surface area (TPSA) is 62.7 Å². The van der Waals surface area contributed by atoms with E-state index in [0.29, 0.717) is 45.7 Å². The van der Waals surface area contributed by atoms with Crippen molar-refractivity contribution in [1.82, 2.24) is 14.8 Å². The molecule has 30 heavy (non-hydrogen) atoms. The van der Waals surface area contributed by atoms with Crippen molar-refractivity contribution in [1.29, 1.82) is 0 Å². The minimum atomic E-state index is -1.05. The summed E-state index contributed by atoms with van der Waals surface area (Å²) in [5, 5.41) is 0. The van der Waals surface area contributed by atoms with Crippen molar-refractivity contribution in [2.24, 2.45) is 5.92 Å². The third-order valence-electron chi connectivity index (χ3n) is 5.60. The summed E-state index contributed by atoms with van der Waals surface area (Å²) in [6.07, 6.45) is 4.41. The number of aromatic nitrogens is 1. The zero-order valence-electron chi connectivity index (χ0n) is 16.5. The molecule has 2 atom stereocenters. The fourth-order valence-corrected chi connectivity index (χ4v) is 4.05. The van der Waals surface area contributed by atoms with E-state index < -0.39 is 11.6 Å². The number of hydrogen-bond acceptors (Lipinski definition) is 4. The quantitative estimate of drug-likeness (QED) is 0.769. The molecule has 2 aliphatic rings.